The summed E-state index contributed by atoms with van der Waals surface area (Å²) in [5.41, 5.74) is 0.767. The second-order valence-corrected chi connectivity index (χ2v) is 9.73. The highest BCUT2D eigenvalue weighted by Gasteiger charge is 2.43. The lowest BCUT2D eigenvalue weighted by Crippen LogP contribution is -2.53. The van der Waals surface area contributed by atoms with Gasteiger partial charge in [-0.25, -0.2) is 0 Å². The Morgan fingerprint density at radius 3 is 2.61 bits per heavy atom. The van der Waals surface area contributed by atoms with Crippen LogP contribution < -0.4 is 5.32 Å². The predicted octanol–water partition coefficient (Wildman–Crippen LogP) is 3.56. The van der Waals surface area contributed by atoms with Gasteiger partial charge in [0.05, 0.1) is 16.9 Å². The van der Waals surface area contributed by atoms with Crippen molar-refractivity contribution in [1.29, 1.82) is 0 Å². The zero-order chi connectivity index (χ0) is 19.4. The largest absolute Gasteiger partial charge is 0.380 e. The van der Waals surface area contributed by atoms with E-state index in [1.807, 2.05) is 4.90 Å². The molecule has 3 heterocycles. The maximum Gasteiger partial charge on any atom is 0.261 e. The lowest BCUT2D eigenvalue weighted by Gasteiger charge is -2.38. The average molecular weight is 405 g/mol. The topological polar surface area (TPSA) is 58.6 Å². The highest BCUT2D eigenvalue weighted by Crippen LogP contribution is 2.33. The van der Waals surface area contributed by atoms with Gasteiger partial charge in [-0.2, -0.15) is 0 Å². The SMILES string of the molecule is O=C(NCC1(C(=O)N2CCCC2)CCCOC1)c1cc2c(s1)CCCCCC2. The van der Waals surface area contributed by atoms with Gasteiger partial charge in [-0.05, 0) is 63.0 Å². The number of fused-ring (bicyclic) bond motifs is 1. The Morgan fingerprint density at radius 1 is 1.07 bits per heavy atom. The number of aryl methyl sites for hydroxylation is 2. The molecule has 1 N–H and O–H groups in total. The minimum atomic E-state index is -0.593. The molecule has 1 atom stereocenters. The number of hydrogen-bond acceptors (Lipinski definition) is 4. The molecule has 28 heavy (non-hydrogen) atoms. The van der Waals surface area contributed by atoms with Crippen molar-refractivity contribution < 1.29 is 14.3 Å². The van der Waals surface area contributed by atoms with Crippen LogP contribution in [0.2, 0.25) is 0 Å². The van der Waals surface area contributed by atoms with E-state index in [0.717, 1.165) is 56.5 Å². The van der Waals surface area contributed by atoms with E-state index in [1.54, 1.807) is 11.3 Å². The number of amides is 2. The van der Waals surface area contributed by atoms with Crippen molar-refractivity contribution in [2.24, 2.45) is 5.41 Å². The maximum atomic E-state index is 13.2. The molecule has 2 saturated heterocycles. The van der Waals surface area contributed by atoms with Crippen LogP contribution in [0, 0.1) is 5.41 Å². The number of nitrogens with one attached hydrogen (secondary N) is 1. The van der Waals surface area contributed by atoms with Gasteiger partial charge in [-0.1, -0.05) is 12.8 Å². The summed E-state index contributed by atoms with van der Waals surface area (Å²) < 4.78 is 5.70. The number of carbonyl (C=O) groups excluding carboxylic acids is 2. The molecule has 1 aromatic heterocycles. The molecule has 0 spiro atoms. The second kappa shape index (κ2) is 8.95. The first-order chi connectivity index (χ1) is 13.7. The fraction of sp³-hybridized carbons (Fsp3) is 0.727. The lowest BCUT2D eigenvalue weighted by atomic mass is 9.80. The summed E-state index contributed by atoms with van der Waals surface area (Å²) in [4.78, 5) is 30.3. The molecule has 0 bridgehead atoms. The third kappa shape index (κ3) is 4.28. The fourth-order valence-corrected chi connectivity index (χ4v) is 5.95. The minimum Gasteiger partial charge on any atom is -0.380 e. The van der Waals surface area contributed by atoms with Gasteiger partial charge in [0.25, 0.3) is 5.91 Å². The normalized spacial score (nSPS) is 25.6. The first-order valence-electron chi connectivity index (χ1n) is 10.9. The zero-order valence-electron chi connectivity index (χ0n) is 16.8. The zero-order valence-corrected chi connectivity index (χ0v) is 17.6. The van der Waals surface area contributed by atoms with E-state index in [4.69, 9.17) is 4.74 Å². The standard InChI is InChI=1S/C22H32N2O3S/c25-20(19-14-17-8-3-1-2-4-9-18(17)28-19)23-15-22(10-7-13-27-16-22)21(26)24-11-5-6-12-24/h14H,1-13,15-16H2,(H,23,25). The van der Waals surface area contributed by atoms with Gasteiger partial charge >= 0.3 is 0 Å². The molecule has 3 aliphatic rings. The molecule has 2 fully saturated rings. The van der Waals surface area contributed by atoms with Crippen molar-refractivity contribution in [3.63, 3.8) is 0 Å². The summed E-state index contributed by atoms with van der Waals surface area (Å²) in [6.07, 6.45) is 11.0. The molecule has 0 radical (unpaired) electrons. The molecule has 2 amide bonds. The molecule has 1 unspecified atom stereocenters. The molecule has 154 valence electrons. The molecule has 1 aliphatic carbocycles. The van der Waals surface area contributed by atoms with E-state index in [2.05, 4.69) is 11.4 Å². The van der Waals surface area contributed by atoms with Gasteiger partial charge in [0.15, 0.2) is 0 Å². The predicted molar refractivity (Wildman–Crippen MR) is 111 cm³/mol. The van der Waals surface area contributed by atoms with Gasteiger partial charge in [0, 0.05) is 31.1 Å². The van der Waals surface area contributed by atoms with Crippen molar-refractivity contribution in [3.05, 3.63) is 21.4 Å². The Bertz CT molecular complexity index is 677. The first kappa shape index (κ1) is 19.9. The molecule has 2 aliphatic heterocycles. The summed E-state index contributed by atoms with van der Waals surface area (Å²) in [6, 6.07) is 2.09. The number of rotatable bonds is 4. The van der Waals surface area contributed by atoms with Crippen LogP contribution in [0.15, 0.2) is 6.07 Å². The van der Waals surface area contributed by atoms with Gasteiger partial charge in [0.2, 0.25) is 5.91 Å². The molecule has 4 rings (SSSR count). The van der Waals surface area contributed by atoms with Crippen molar-refractivity contribution in [3.8, 4) is 0 Å². The third-order valence-corrected chi connectivity index (χ3v) is 7.71. The van der Waals surface area contributed by atoms with E-state index in [0.29, 0.717) is 19.8 Å². The number of ether oxygens (including phenoxy) is 1. The lowest BCUT2D eigenvalue weighted by molar-refractivity contribution is -0.148. The van der Waals surface area contributed by atoms with Crippen LogP contribution in [0.25, 0.3) is 0 Å². The van der Waals surface area contributed by atoms with Gasteiger partial charge in [-0.15, -0.1) is 11.3 Å². The molecule has 6 heteroatoms. The van der Waals surface area contributed by atoms with Crippen molar-refractivity contribution in [2.45, 2.75) is 64.2 Å². The second-order valence-electron chi connectivity index (χ2n) is 8.59. The van der Waals surface area contributed by atoms with E-state index in [-0.39, 0.29) is 11.8 Å². The summed E-state index contributed by atoms with van der Waals surface area (Å²) in [7, 11) is 0. The van der Waals surface area contributed by atoms with Crippen LogP contribution in [-0.2, 0) is 22.4 Å². The molecular formula is C22H32N2O3S. The van der Waals surface area contributed by atoms with Gasteiger partial charge in [0.1, 0.15) is 0 Å². The number of thiophene rings is 1. The third-order valence-electron chi connectivity index (χ3n) is 6.48. The molecule has 1 aromatic rings. The smallest absolute Gasteiger partial charge is 0.261 e. The number of likely N-dealkylation sites (tertiary alicyclic amines) is 1. The van der Waals surface area contributed by atoms with E-state index in [9.17, 15) is 9.59 Å². The van der Waals surface area contributed by atoms with Gasteiger partial charge in [-0.3, -0.25) is 9.59 Å². The van der Waals surface area contributed by atoms with E-state index in [1.165, 1.54) is 36.1 Å². The first-order valence-corrected chi connectivity index (χ1v) is 11.8. The Balaban J connectivity index is 1.44. The summed E-state index contributed by atoms with van der Waals surface area (Å²) in [5.74, 6) is 0.138. The average Bonchev–Trinajstić information content (AvgIpc) is 3.36. The molecule has 5 nitrogen and oxygen atoms in total. The van der Waals surface area contributed by atoms with Crippen LogP contribution in [0.3, 0.4) is 0 Å². The van der Waals surface area contributed by atoms with Crippen molar-refractivity contribution in [1.82, 2.24) is 10.2 Å². The van der Waals surface area contributed by atoms with Crippen molar-refractivity contribution >= 4 is 23.2 Å². The summed E-state index contributed by atoms with van der Waals surface area (Å²) >= 11 is 1.65. The number of hydrogen-bond donors (Lipinski definition) is 1. The van der Waals surface area contributed by atoms with Crippen LogP contribution in [0.1, 0.15) is 71.5 Å². The van der Waals surface area contributed by atoms with Crippen LogP contribution in [-0.4, -0.2) is 49.6 Å². The highest BCUT2D eigenvalue weighted by atomic mass is 32.1. The quantitative estimate of drug-likeness (QED) is 0.835. The Kier molecular flexibility index (Phi) is 6.36. The fourth-order valence-electron chi connectivity index (χ4n) is 4.78. The maximum absolute atomic E-state index is 13.2. The summed E-state index contributed by atoms with van der Waals surface area (Å²) in [5, 5.41) is 3.10. The van der Waals surface area contributed by atoms with Gasteiger partial charge < -0.3 is 15.0 Å². The van der Waals surface area contributed by atoms with E-state index >= 15 is 0 Å². The Labute approximate surface area is 171 Å². The van der Waals surface area contributed by atoms with Crippen LogP contribution in [0.4, 0.5) is 0 Å². The van der Waals surface area contributed by atoms with Crippen molar-refractivity contribution in [2.75, 3.05) is 32.8 Å². The monoisotopic (exact) mass is 404 g/mol. The van der Waals surface area contributed by atoms with Crippen LogP contribution in [0.5, 0.6) is 0 Å². The molecular weight excluding hydrogens is 372 g/mol. The Hall–Kier alpha value is -1.40. The highest BCUT2D eigenvalue weighted by molar-refractivity contribution is 7.14. The summed E-state index contributed by atoms with van der Waals surface area (Å²) in [6.45, 7) is 3.19. The van der Waals surface area contributed by atoms with Crippen LogP contribution >= 0.6 is 11.3 Å². The van der Waals surface area contributed by atoms with E-state index < -0.39 is 5.41 Å². The number of carbonyl (C=O) groups is 2. The molecule has 0 aromatic carbocycles. The Morgan fingerprint density at radius 2 is 1.86 bits per heavy atom. The number of nitrogens with zero attached hydrogens (tertiary/aromatic N) is 1. The minimum absolute atomic E-state index is 0.0316. The molecule has 0 saturated carbocycles.